The molecular weight excluding hydrogens is 250 g/mol. The highest BCUT2D eigenvalue weighted by Crippen LogP contribution is 2.34. The topological polar surface area (TPSA) is 46.3 Å². The fourth-order valence-electron chi connectivity index (χ4n) is 2.57. The molecule has 1 fully saturated rings. The standard InChI is InChI=1S/C14H18F2N2O/c1-8(2)7-18-13(19)6-12(17)14(18)10-5-9(15)3-4-11(10)16/h3-5,8,12,14H,6-7,17H2,1-2H3. The van der Waals surface area contributed by atoms with Crippen LogP contribution in [0.4, 0.5) is 8.78 Å². The highest BCUT2D eigenvalue weighted by atomic mass is 19.1. The maximum atomic E-state index is 13.9. The molecule has 2 atom stereocenters. The Kier molecular flexibility index (Phi) is 3.85. The molecule has 1 amide bonds. The summed E-state index contributed by atoms with van der Waals surface area (Å²) in [6.45, 7) is 4.43. The SMILES string of the molecule is CC(C)CN1C(=O)CC(N)C1c1cc(F)ccc1F. The third kappa shape index (κ3) is 2.76. The van der Waals surface area contributed by atoms with E-state index in [-0.39, 0.29) is 23.8 Å². The Labute approximate surface area is 111 Å². The van der Waals surface area contributed by atoms with Gasteiger partial charge in [-0.15, -0.1) is 0 Å². The van der Waals surface area contributed by atoms with Gasteiger partial charge in [-0.25, -0.2) is 8.78 Å². The summed E-state index contributed by atoms with van der Waals surface area (Å²) in [7, 11) is 0. The molecule has 2 unspecified atom stereocenters. The van der Waals surface area contributed by atoms with Crippen LogP contribution in [0.3, 0.4) is 0 Å². The summed E-state index contributed by atoms with van der Waals surface area (Å²) in [6, 6.07) is 2.20. The second kappa shape index (κ2) is 5.25. The van der Waals surface area contributed by atoms with Crippen molar-refractivity contribution in [3.8, 4) is 0 Å². The predicted molar refractivity (Wildman–Crippen MR) is 68.2 cm³/mol. The summed E-state index contributed by atoms with van der Waals surface area (Å²) in [5.74, 6) is -0.902. The molecule has 0 saturated carbocycles. The minimum absolute atomic E-state index is 0.102. The second-order valence-corrected chi connectivity index (χ2v) is 5.42. The van der Waals surface area contributed by atoms with E-state index < -0.39 is 23.7 Å². The van der Waals surface area contributed by atoms with Crippen LogP contribution in [0.2, 0.25) is 0 Å². The smallest absolute Gasteiger partial charge is 0.224 e. The second-order valence-electron chi connectivity index (χ2n) is 5.42. The number of hydrogen-bond donors (Lipinski definition) is 1. The molecule has 0 aromatic heterocycles. The van der Waals surface area contributed by atoms with Gasteiger partial charge in [0.05, 0.1) is 6.04 Å². The van der Waals surface area contributed by atoms with Gasteiger partial charge in [-0.1, -0.05) is 13.8 Å². The third-order valence-electron chi connectivity index (χ3n) is 3.31. The van der Waals surface area contributed by atoms with Crippen LogP contribution in [0.5, 0.6) is 0 Å². The minimum atomic E-state index is -0.578. The molecule has 5 heteroatoms. The lowest BCUT2D eigenvalue weighted by Gasteiger charge is -2.29. The Morgan fingerprint density at radius 2 is 2.11 bits per heavy atom. The molecule has 1 aromatic carbocycles. The van der Waals surface area contributed by atoms with Crippen LogP contribution in [-0.4, -0.2) is 23.4 Å². The number of carbonyl (C=O) groups is 1. The number of rotatable bonds is 3. The van der Waals surface area contributed by atoms with Gasteiger partial charge >= 0.3 is 0 Å². The molecule has 0 radical (unpaired) electrons. The number of likely N-dealkylation sites (tertiary alicyclic amines) is 1. The van der Waals surface area contributed by atoms with Gasteiger partial charge in [-0.3, -0.25) is 4.79 Å². The van der Waals surface area contributed by atoms with Crippen molar-refractivity contribution >= 4 is 5.91 Å². The molecule has 2 rings (SSSR count). The van der Waals surface area contributed by atoms with E-state index in [1.54, 1.807) is 4.90 Å². The van der Waals surface area contributed by atoms with E-state index in [0.29, 0.717) is 6.54 Å². The summed E-state index contributed by atoms with van der Waals surface area (Å²) < 4.78 is 27.2. The molecule has 0 bridgehead atoms. The normalized spacial score (nSPS) is 23.5. The molecule has 19 heavy (non-hydrogen) atoms. The van der Waals surface area contributed by atoms with Gasteiger partial charge in [0.1, 0.15) is 11.6 Å². The van der Waals surface area contributed by atoms with E-state index in [1.165, 1.54) is 0 Å². The van der Waals surface area contributed by atoms with Gasteiger partial charge in [0.2, 0.25) is 5.91 Å². The van der Waals surface area contributed by atoms with Crippen LogP contribution in [0.1, 0.15) is 31.9 Å². The van der Waals surface area contributed by atoms with E-state index in [2.05, 4.69) is 0 Å². The van der Waals surface area contributed by atoms with Crippen molar-refractivity contribution in [2.75, 3.05) is 6.54 Å². The summed E-state index contributed by atoms with van der Waals surface area (Å²) in [5.41, 5.74) is 6.10. The van der Waals surface area contributed by atoms with Gasteiger partial charge in [0.15, 0.2) is 0 Å². The van der Waals surface area contributed by atoms with E-state index in [1.807, 2.05) is 13.8 Å². The number of benzene rings is 1. The molecule has 1 aromatic rings. The number of amides is 1. The molecule has 1 aliphatic rings. The summed E-state index contributed by atoms with van der Waals surface area (Å²) in [4.78, 5) is 13.5. The zero-order chi connectivity index (χ0) is 14.2. The fourth-order valence-corrected chi connectivity index (χ4v) is 2.57. The van der Waals surface area contributed by atoms with Crippen LogP contribution >= 0.6 is 0 Å². The van der Waals surface area contributed by atoms with Crippen molar-refractivity contribution in [3.05, 3.63) is 35.4 Å². The van der Waals surface area contributed by atoms with E-state index in [0.717, 1.165) is 18.2 Å². The zero-order valence-corrected chi connectivity index (χ0v) is 11.1. The lowest BCUT2D eigenvalue weighted by Crippen LogP contribution is -2.36. The van der Waals surface area contributed by atoms with Crippen molar-refractivity contribution in [1.29, 1.82) is 0 Å². The number of nitrogens with zero attached hydrogens (tertiary/aromatic N) is 1. The Morgan fingerprint density at radius 3 is 2.74 bits per heavy atom. The maximum Gasteiger partial charge on any atom is 0.224 e. The Balaban J connectivity index is 2.39. The lowest BCUT2D eigenvalue weighted by molar-refractivity contribution is -0.129. The Bertz CT molecular complexity index is 490. The number of halogens is 2. The van der Waals surface area contributed by atoms with E-state index in [9.17, 15) is 13.6 Å². The van der Waals surface area contributed by atoms with Crippen molar-refractivity contribution in [3.63, 3.8) is 0 Å². The first-order chi connectivity index (χ1) is 8.90. The maximum absolute atomic E-state index is 13.9. The van der Waals surface area contributed by atoms with Crippen molar-refractivity contribution in [2.24, 2.45) is 11.7 Å². The van der Waals surface area contributed by atoms with Gasteiger partial charge in [0.25, 0.3) is 0 Å². The minimum Gasteiger partial charge on any atom is -0.334 e. The summed E-state index contributed by atoms with van der Waals surface area (Å²) >= 11 is 0. The highest BCUT2D eigenvalue weighted by molar-refractivity contribution is 5.80. The number of carbonyl (C=O) groups excluding carboxylic acids is 1. The van der Waals surface area contributed by atoms with Gasteiger partial charge < -0.3 is 10.6 Å². The summed E-state index contributed by atoms with van der Waals surface area (Å²) in [5, 5.41) is 0. The zero-order valence-electron chi connectivity index (χ0n) is 11.1. The van der Waals surface area contributed by atoms with Crippen molar-refractivity contribution in [2.45, 2.75) is 32.4 Å². The predicted octanol–water partition coefficient (Wildman–Crippen LogP) is 2.22. The monoisotopic (exact) mass is 268 g/mol. The molecule has 0 spiro atoms. The van der Waals surface area contributed by atoms with Crippen LogP contribution < -0.4 is 5.73 Å². The van der Waals surface area contributed by atoms with Gasteiger partial charge in [-0.05, 0) is 24.1 Å². The molecule has 2 N–H and O–H groups in total. The largest absolute Gasteiger partial charge is 0.334 e. The van der Waals surface area contributed by atoms with Crippen LogP contribution in [-0.2, 0) is 4.79 Å². The first kappa shape index (κ1) is 13.9. The Hall–Kier alpha value is -1.49. The first-order valence-corrected chi connectivity index (χ1v) is 6.40. The first-order valence-electron chi connectivity index (χ1n) is 6.40. The highest BCUT2D eigenvalue weighted by Gasteiger charge is 2.40. The fraction of sp³-hybridized carbons (Fsp3) is 0.500. The lowest BCUT2D eigenvalue weighted by atomic mass is 9.99. The Morgan fingerprint density at radius 1 is 1.42 bits per heavy atom. The quantitative estimate of drug-likeness (QED) is 0.913. The number of nitrogens with two attached hydrogens (primary N) is 1. The molecule has 1 heterocycles. The molecule has 1 aliphatic heterocycles. The van der Waals surface area contributed by atoms with Crippen LogP contribution in [0, 0.1) is 17.6 Å². The number of hydrogen-bond acceptors (Lipinski definition) is 2. The van der Waals surface area contributed by atoms with E-state index in [4.69, 9.17) is 5.73 Å². The molecule has 3 nitrogen and oxygen atoms in total. The summed E-state index contributed by atoms with van der Waals surface area (Å²) in [6.07, 6.45) is 0.174. The van der Waals surface area contributed by atoms with E-state index >= 15 is 0 Å². The third-order valence-corrected chi connectivity index (χ3v) is 3.31. The van der Waals surface area contributed by atoms with Crippen molar-refractivity contribution in [1.82, 2.24) is 4.90 Å². The van der Waals surface area contributed by atoms with Crippen LogP contribution in [0.25, 0.3) is 0 Å². The molecule has 104 valence electrons. The average molecular weight is 268 g/mol. The van der Waals surface area contributed by atoms with Gasteiger partial charge in [0, 0.05) is 24.6 Å². The molecule has 1 saturated heterocycles. The van der Waals surface area contributed by atoms with Crippen molar-refractivity contribution < 1.29 is 13.6 Å². The molecular formula is C14H18F2N2O. The molecule has 0 aliphatic carbocycles. The van der Waals surface area contributed by atoms with Crippen LogP contribution in [0.15, 0.2) is 18.2 Å². The average Bonchev–Trinajstić information content (AvgIpc) is 2.57. The van der Waals surface area contributed by atoms with Gasteiger partial charge in [-0.2, -0.15) is 0 Å².